The molecule has 2 aromatic heterocycles. The number of carbonyl (C=O) groups is 1. The molecule has 2 heterocycles. The highest BCUT2D eigenvalue weighted by molar-refractivity contribution is 5.93. The SMILES string of the molecule is O=C(NCc1nc2ccccc2n1Cc1ccccc1)c1cccnc1. The Morgan fingerprint density at radius 1 is 0.962 bits per heavy atom. The average Bonchev–Trinajstić information content (AvgIpc) is 3.05. The van der Waals surface area contributed by atoms with Gasteiger partial charge in [0, 0.05) is 18.9 Å². The molecule has 5 heteroatoms. The van der Waals surface area contributed by atoms with Gasteiger partial charge in [-0.1, -0.05) is 42.5 Å². The summed E-state index contributed by atoms with van der Waals surface area (Å²) < 4.78 is 2.15. The van der Waals surface area contributed by atoms with Gasteiger partial charge in [0.15, 0.2) is 0 Å². The number of nitrogens with zero attached hydrogens (tertiary/aromatic N) is 3. The number of fused-ring (bicyclic) bond motifs is 1. The van der Waals surface area contributed by atoms with E-state index in [-0.39, 0.29) is 5.91 Å². The largest absolute Gasteiger partial charge is 0.345 e. The number of aromatic nitrogens is 3. The zero-order valence-electron chi connectivity index (χ0n) is 14.2. The smallest absolute Gasteiger partial charge is 0.253 e. The second-order valence-electron chi connectivity index (χ2n) is 6.01. The first-order chi connectivity index (χ1) is 12.8. The molecule has 0 aliphatic carbocycles. The van der Waals surface area contributed by atoms with E-state index < -0.39 is 0 Å². The minimum absolute atomic E-state index is 0.156. The van der Waals surface area contributed by atoms with Crippen LogP contribution < -0.4 is 5.32 Å². The number of carbonyl (C=O) groups excluding carboxylic acids is 1. The average molecular weight is 342 g/mol. The van der Waals surface area contributed by atoms with Crippen LogP contribution in [-0.2, 0) is 13.1 Å². The van der Waals surface area contributed by atoms with Crippen LogP contribution >= 0.6 is 0 Å². The lowest BCUT2D eigenvalue weighted by molar-refractivity contribution is 0.0949. The molecule has 0 bridgehead atoms. The first-order valence-corrected chi connectivity index (χ1v) is 8.47. The van der Waals surface area contributed by atoms with Gasteiger partial charge in [0.1, 0.15) is 5.82 Å². The molecule has 4 aromatic rings. The number of pyridine rings is 1. The first-order valence-electron chi connectivity index (χ1n) is 8.47. The predicted octanol–water partition coefficient (Wildman–Crippen LogP) is 3.41. The summed E-state index contributed by atoms with van der Waals surface area (Å²) >= 11 is 0. The van der Waals surface area contributed by atoms with Crippen molar-refractivity contribution in [3.8, 4) is 0 Å². The molecule has 0 aliphatic rings. The van der Waals surface area contributed by atoms with E-state index in [4.69, 9.17) is 4.98 Å². The van der Waals surface area contributed by atoms with Crippen molar-refractivity contribution in [2.24, 2.45) is 0 Å². The van der Waals surface area contributed by atoms with E-state index in [9.17, 15) is 4.79 Å². The topological polar surface area (TPSA) is 59.8 Å². The minimum atomic E-state index is -0.156. The quantitative estimate of drug-likeness (QED) is 0.605. The van der Waals surface area contributed by atoms with Gasteiger partial charge in [-0.2, -0.15) is 0 Å². The molecular weight excluding hydrogens is 324 g/mol. The van der Waals surface area contributed by atoms with Crippen LogP contribution in [-0.4, -0.2) is 20.4 Å². The van der Waals surface area contributed by atoms with Gasteiger partial charge < -0.3 is 9.88 Å². The fourth-order valence-corrected chi connectivity index (χ4v) is 2.96. The van der Waals surface area contributed by atoms with E-state index in [2.05, 4.69) is 33.1 Å². The highest BCUT2D eigenvalue weighted by atomic mass is 16.1. The van der Waals surface area contributed by atoms with Crippen molar-refractivity contribution in [1.82, 2.24) is 19.9 Å². The molecule has 0 radical (unpaired) electrons. The van der Waals surface area contributed by atoms with Crippen molar-refractivity contribution in [3.63, 3.8) is 0 Å². The predicted molar refractivity (Wildman–Crippen MR) is 101 cm³/mol. The van der Waals surface area contributed by atoms with Crippen LogP contribution in [0.1, 0.15) is 21.7 Å². The van der Waals surface area contributed by atoms with Gasteiger partial charge in [0.25, 0.3) is 5.91 Å². The summed E-state index contributed by atoms with van der Waals surface area (Å²) in [6.07, 6.45) is 3.21. The summed E-state index contributed by atoms with van der Waals surface area (Å²) in [4.78, 5) is 21.0. The molecule has 0 saturated carbocycles. The van der Waals surface area contributed by atoms with Gasteiger partial charge in [0.05, 0.1) is 23.1 Å². The van der Waals surface area contributed by atoms with Gasteiger partial charge >= 0.3 is 0 Å². The van der Waals surface area contributed by atoms with Gasteiger partial charge in [-0.05, 0) is 29.8 Å². The molecule has 0 spiro atoms. The van der Waals surface area contributed by atoms with Crippen LogP contribution in [0.3, 0.4) is 0 Å². The summed E-state index contributed by atoms with van der Waals surface area (Å²) in [6.45, 7) is 1.06. The number of nitrogens with one attached hydrogen (secondary N) is 1. The lowest BCUT2D eigenvalue weighted by Gasteiger charge is -2.10. The Balaban J connectivity index is 1.62. The maximum Gasteiger partial charge on any atom is 0.253 e. The summed E-state index contributed by atoms with van der Waals surface area (Å²) in [5, 5.41) is 2.94. The molecule has 1 N–H and O–H groups in total. The number of hydrogen-bond donors (Lipinski definition) is 1. The maximum absolute atomic E-state index is 12.3. The second kappa shape index (κ2) is 7.19. The number of amides is 1. The molecule has 26 heavy (non-hydrogen) atoms. The van der Waals surface area contributed by atoms with Crippen molar-refractivity contribution in [2.45, 2.75) is 13.1 Å². The van der Waals surface area contributed by atoms with E-state index in [1.165, 1.54) is 5.56 Å². The molecule has 2 aromatic carbocycles. The molecule has 0 saturated heterocycles. The number of imidazole rings is 1. The molecule has 0 fully saturated rings. The Labute approximate surface area is 151 Å². The number of hydrogen-bond acceptors (Lipinski definition) is 3. The van der Waals surface area contributed by atoms with E-state index in [1.54, 1.807) is 24.5 Å². The van der Waals surface area contributed by atoms with Crippen molar-refractivity contribution >= 4 is 16.9 Å². The van der Waals surface area contributed by atoms with E-state index in [0.29, 0.717) is 18.7 Å². The highest BCUT2D eigenvalue weighted by Crippen LogP contribution is 2.18. The molecule has 4 rings (SSSR count). The van der Waals surface area contributed by atoms with Crippen LogP contribution in [0.25, 0.3) is 11.0 Å². The normalized spacial score (nSPS) is 10.8. The molecular formula is C21H18N4O. The number of para-hydroxylation sites is 2. The first kappa shape index (κ1) is 16.0. The molecule has 5 nitrogen and oxygen atoms in total. The third-order valence-electron chi connectivity index (χ3n) is 4.25. The van der Waals surface area contributed by atoms with Crippen LogP contribution in [0.4, 0.5) is 0 Å². The maximum atomic E-state index is 12.3. The zero-order valence-corrected chi connectivity index (χ0v) is 14.2. The van der Waals surface area contributed by atoms with E-state index >= 15 is 0 Å². The summed E-state index contributed by atoms with van der Waals surface area (Å²) in [5.74, 6) is 0.670. The molecule has 0 atom stereocenters. The van der Waals surface area contributed by atoms with Gasteiger partial charge in [-0.25, -0.2) is 4.98 Å². The van der Waals surface area contributed by atoms with Gasteiger partial charge in [-0.15, -0.1) is 0 Å². The van der Waals surface area contributed by atoms with Crippen LogP contribution in [0.5, 0.6) is 0 Å². The lowest BCUT2D eigenvalue weighted by Crippen LogP contribution is -2.25. The number of benzene rings is 2. The monoisotopic (exact) mass is 342 g/mol. The van der Waals surface area contributed by atoms with Crippen molar-refractivity contribution < 1.29 is 4.79 Å². The van der Waals surface area contributed by atoms with Gasteiger partial charge in [-0.3, -0.25) is 9.78 Å². The second-order valence-corrected chi connectivity index (χ2v) is 6.01. The van der Waals surface area contributed by atoms with Gasteiger partial charge in [0.2, 0.25) is 0 Å². The fraction of sp³-hybridized carbons (Fsp3) is 0.0952. The zero-order chi connectivity index (χ0) is 17.8. The summed E-state index contributed by atoms with van der Waals surface area (Å²) in [5.41, 5.74) is 3.71. The van der Waals surface area contributed by atoms with Crippen molar-refractivity contribution in [1.29, 1.82) is 0 Å². The molecule has 1 amide bonds. The minimum Gasteiger partial charge on any atom is -0.345 e. The highest BCUT2D eigenvalue weighted by Gasteiger charge is 2.12. The Hall–Kier alpha value is -3.47. The fourth-order valence-electron chi connectivity index (χ4n) is 2.96. The van der Waals surface area contributed by atoms with Crippen LogP contribution in [0, 0.1) is 0 Å². The van der Waals surface area contributed by atoms with Crippen molar-refractivity contribution in [2.75, 3.05) is 0 Å². The molecule has 128 valence electrons. The molecule has 0 aliphatic heterocycles. The Morgan fingerprint density at radius 2 is 1.77 bits per heavy atom. The van der Waals surface area contributed by atoms with Crippen LogP contribution in [0.15, 0.2) is 79.1 Å². The third-order valence-corrected chi connectivity index (χ3v) is 4.25. The Kier molecular flexibility index (Phi) is 4.43. The third kappa shape index (κ3) is 3.32. The summed E-state index contributed by atoms with van der Waals surface area (Å²) in [6, 6.07) is 21.8. The summed E-state index contributed by atoms with van der Waals surface area (Å²) in [7, 11) is 0. The molecule has 0 unspecified atom stereocenters. The Bertz CT molecular complexity index is 1030. The van der Waals surface area contributed by atoms with Crippen LogP contribution in [0.2, 0.25) is 0 Å². The standard InChI is InChI=1S/C21H18N4O/c26-21(17-9-6-12-22-13-17)23-14-20-24-18-10-4-5-11-19(18)25(20)15-16-7-2-1-3-8-16/h1-13H,14-15H2,(H,23,26). The Morgan fingerprint density at radius 3 is 2.58 bits per heavy atom. The van der Waals surface area contributed by atoms with E-state index in [0.717, 1.165) is 16.9 Å². The van der Waals surface area contributed by atoms with Crippen molar-refractivity contribution in [3.05, 3.63) is 96.1 Å². The lowest BCUT2D eigenvalue weighted by atomic mass is 10.2. The number of rotatable bonds is 5. The van der Waals surface area contributed by atoms with E-state index in [1.807, 2.05) is 36.4 Å².